The molecule has 2 N–H and O–H groups in total. The van der Waals surface area contributed by atoms with E-state index in [1.807, 2.05) is 0 Å². The summed E-state index contributed by atoms with van der Waals surface area (Å²) in [6, 6.07) is 0. The molecule has 2 atom stereocenters. The molecule has 0 aromatic rings. The van der Waals surface area contributed by atoms with Crippen LogP contribution in [-0.4, -0.2) is 35.6 Å². The van der Waals surface area contributed by atoms with E-state index in [9.17, 15) is 0 Å². The monoisotopic (exact) mass is 146 g/mol. The summed E-state index contributed by atoms with van der Waals surface area (Å²) in [5.41, 5.74) is 0. The minimum absolute atomic E-state index is 0.0760. The molecular weight excluding hydrogens is 132 g/mol. The first-order valence-electron chi connectivity index (χ1n) is 3.73. The molecule has 0 aromatic heterocycles. The Morgan fingerprint density at radius 1 is 1.40 bits per heavy atom. The molecule has 0 amide bonds. The summed E-state index contributed by atoms with van der Waals surface area (Å²) in [6.07, 6.45) is 2.52. The van der Waals surface area contributed by atoms with Gasteiger partial charge in [-0.15, -0.1) is 0 Å². The molecule has 3 nitrogen and oxygen atoms in total. The van der Waals surface area contributed by atoms with E-state index in [-0.39, 0.29) is 18.8 Å². The fourth-order valence-electron chi connectivity index (χ4n) is 1.29. The Kier molecular flexibility index (Phi) is 3.12. The van der Waals surface area contributed by atoms with E-state index in [4.69, 9.17) is 14.9 Å². The van der Waals surface area contributed by atoms with Crippen molar-refractivity contribution < 1.29 is 14.9 Å². The Balaban J connectivity index is 2.06. The molecule has 1 saturated carbocycles. The van der Waals surface area contributed by atoms with Gasteiger partial charge in [0.1, 0.15) is 0 Å². The SMILES string of the molecule is OCCO[C@@H]1CC[C@H](O)C1. The van der Waals surface area contributed by atoms with Gasteiger partial charge in [0.25, 0.3) is 0 Å². The number of hydrogen-bond acceptors (Lipinski definition) is 3. The van der Waals surface area contributed by atoms with Crippen molar-refractivity contribution in [1.29, 1.82) is 0 Å². The summed E-state index contributed by atoms with van der Waals surface area (Å²) in [7, 11) is 0. The summed E-state index contributed by atoms with van der Waals surface area (Å²) in [5, 5.41) is 17.5. The van der Waals surface area contributed by atoms with Gasteiger partial charge >= 0.3 is 0 Å². The van der Waals surface area contributed by atoms with Gasteiger partial charge in [-0.3, -0.25) is 0 Å². The summed E-state index contributed by atoms with van der Waals surface area (Å²) in [6.45, 7) is 0.476. The van der Waals surface area contributed by atoms with Gasteiger partial charge in [-0.2, -0.15) is 0 Å². The molecule has 0 spiro atoms. The fourth-order valence-corrected chi connectivity index (χ4v) is 1.29. The lowest BCUT2D eigenvalue weighted by Gasteiger charge is -2.08. The van der Waals surface area contributed by atoms with E-state index < -0.39 is 0 Å². The van der Waals surface area contributed by atoms with Crippen molar-refractivity contribution in [1.82, 2.24) is 0 Å². The van der Waals surface area contributed by atoms with E-state index in [2.05, 4.69) is 0 Å². The molecule has 1 aliphatic carbocycles. The predicted octanol–water partition coefficient (Wildman–Crippen LogP) is -0.0913. The number of ether oxygens (including phenoxy) is 1. The summed E-state index contributed by atoms with van der Waals surface area (Å²) >= 11 is 0. The third kappa shape index (κ3) is 2.25. The van der Waals surface area contributed by atoms with Crippen molar-refractivity contribution in [3.8, 4) is 0 Å². The van der Waals surface area contributed by atoms with Gasteiger partial charge in [0.05, 0.1) is 25.4 Å². The van der Waals surface area contributed by atoms with Crippen LogP contribution < -0.4 is 0 Å². The van der Waals surface area contributed by atoms with Gasteiger partial charge < -0.3 is 14.9 Å². The van der Waals surface area contributed by atoms with Gasteiger partial charge in [-0.25, -0.2) is 0 Å². The minimum Gasteiger partial charge on any atom is -0.394 e. The molecule has 3 heteroatoms. The van der Waals surface area contributed by atoms with Crippen molar-refractivity contribution in [2.24, 2.45) is 0 Å². The Bertz CT molecular complexity index is 94.9. The van der Waals surface area contributed by atoms with Crippen LogP contribution in [0.4, 0.5) is 0 Å². The highest BCUT2D eigenvalue weighted by molar-refractivity contribution is 4.74. The minimum atomic E-state index is -0.177. The summed E-state index contributed by atoms with van der Waals surface area (Å²) < 4.78 is 5.21. The van der Waals surface area contributed by atoms with E-state index in [0.29, 0.717) is 6.61 Å². The van der Waals surface area contributed by atoms with Crippen LogP contribution in [0.25, 0.3) is 0 Å². The number of rotatable bonds is 3. The molecular formula is C7H14O3. The maximum Gasteiger partial charge on any atom is 0.0701 e. The van der Waals surface area contributed by atoms with Crippen LogP contribution in [0.3, 0.4) is 0 Å². The highest BCUT2D eigenvalue weighted by atomic mass is 16.5. The Morgan fingerprint density at radius 2 is 2.20 bits per heavy atom. The maximum absolute atomic E-state index is 9.06. The first-order valence-corrected chi connectivity index (χ1v) is 3.73. The van der Waals surface area contributed by atoms with Crippen LogP contribution in [-0.2, 0) is 4.74 Å². The van der Waals surface area contributed by atoms with Crippen LogP contribution in [0.2, 0.25) is 0 Å². The third-order valence-corrected chi connectivity index (χ3v) is 1.80. The van der Waals surface area contributed by atoms with Crippen LogP contribution in [0.1, 0.15) is 19.3 Å². The number of aliphatic hydroxyl groups excluding tert-OH is 2. The quantitative estimate of drug-likeness (QED) is 0.585. The number of aliphatic hydroxyl groups is 2. The first-order chi connectivity index (χ1) is 4.83. The zero-order chi connectivity index (χ0) is 7.40. The average Bonchev–Trinajstić information content (AvgIpc) is 2.31. The summed E-state index contributed by atoms with van der Waals surface area (Å²) in [5.74, 6) is 0. The van der Waals surface area contributed by atoms with Crippen molar-refractivity contribution >= 4 is 0 Å². The molecule has 60 valence electrons. The second-order valence-corrected chi connectivity index (χ2v) is 2.68. The second-order valence-electron chi connectivity index (χ2n) is 2.68. The van der Waals surface area contributed by atoms with Crippen LogP contribution in [0.5, 0.6) is 0 Å². The molecule has 1 rings (SSSR count). The van der Waals surface area contributed by atoms with Crippen LogP contribution in [0, 0.1) is 0 Å². The highest BCUT2D eigenvalue weighted by Gasteiger charge is 2.22. The molecule has 0 bridgehead atoms. The molecule has 0 saturated heterocycles. The highest BCUT2D eigenvalue weighted by Crippen LogP contribution is 2.21. The van der Waals surface area contributed by atoms with Gasteiger partial charge in [0, 0.05) is 0 Å². The summed E-state index contributed by atoms with van der Waals surface area (Å²) in [4.78, 5) is 0. The van der Waals surface area contributed by atoms with Gasteiger partial charge in [-0.1, -0.05) is 0 Å². The topological polar surface area (TPSA) is 49.7 Å². The van der Waals surface area contributed by atoms with E-state index in [0.717, 1.165) is 19.3 Å². The van der Waals surface area contributed by atoms with Crippen molar-refractivity contribution in [2.75, 3.05) is 13.2 Å². The largest absolute Gasteiger partial charge is 0.394 e. The number of hydrogen-bond donors (Lipinski definition) is 2. The molecule has 1 fully saturated rings. The fraction of sp³-hybridized carbons (Fsp3) is 1.00. The predicted molar refractivity (Wildman–Crippen MR) is 36.7 cm³/mol. The molecule has 10 heavy (non-hydrogen) atoms. The van der Waals surface area contributed by atoms with E-state index in [1.54, 1.807) is 0 Å². The van der Waals surface area contributed by atoms with Crippen LogP contribution >= 0.6 is 0 Å². The standard InChI is InChI=1S/C7H14O3/c8-3-4-10-7-2-1-6(9)5-7/h6-9H,1-5H2/t6-,7+/m0/s1. The molecule has 0 aromatic carbocycles. The van der Waals surface area contributed by atoms with Crippen molar-refractivity contribution in [3.05, 3.63) is 0 Å². The van der Waals surface area contributed by atoms with Gasteiger partial charge in [0.15, 0.2) is 0 Å². The Morgan fingerprint density at radius 3 is 2.70 bits per heavy atom. The van der Waals surface area contributed by atoms with E-state index >= 15 is 0 Å². The zero-order valence-electron chi connectivity index (χ0n) is 5.99. The Hall–Kier alpha value is -0.120. The molecule has 0 unspecified atom stereocenters. The lowest BCUT2D eigenvalue weighted by atomic mass is 10.3. The van der Waals surface area contributed by atoms with Gasteiger partial charge in [-0.05, 0) is 19.3 Å². The average molecular weight is 146 g/mol. The van der Waals surface area contributed by atoms with Crippen molar-refractivity contribution in [2.45, 2.75) is 31.5 Å². The lowest BCUT2D eigenvalue weighted by Crippen LogP contribution is -2.12. The lowest BCUT2D eigenvalue weighted by molar-refractivity contribution is 0.0252. The second kappa shape index (κ2) is 3.91. The van der Waals surface area contributed by atoms with Crippen molar-refractivity contribution in [3.63, 3.8) is 0 Å². The normalized spacial score (nSPS) is 33.0. The third-order valence-electron chi connectivity index (χ3n) is 1.80. The van der Waals surface area contributed by atoms with E-state index in [1.165, 1.54) is 0 Å². The molecule has 0 aliphatic heterocycles. The Labute approximate surface area is 60.6 Å². The first kappa shape index (κ1) is 7.98. The molecule has 0 heterocycles. The maximum atomic E-state index is 9.06. The molecule has 1 aliphatic rings. The van der Waals surface area contributed by atoms with Gasteiger partial charge in [0.2, 0.25) is 0 Å². The zero-order valence-corrected chi connectivity index (χ0v) is 5.99. The van der Waals surface area contributed by atoms with Crippen LogP contribution in [0.15, 0.2) is 0 Å². The smallest absolute Gasteiger partial charge is 0.0701 e. The molecule has 0 radical (unpaired) electrons.